The maximum atomic E-state index is 14.3. The lowest BCUT2D eigenvalue weighted by molar-refractivity contribution is -0.0530. The number of nitrogens with zero attached hydrogens (tertiary/aromatic N) is 3. The van der Waals surface area contributed by atoms with E-state index in [0.717, 1.165) is 0 Å². The molecule has 31 heavy (non-hydrogen) atoms. The zero-order valence-corrected chi connectivity index (χ0v) is 15.9. The lowest BCUT2D eigenvalue weighted by atomic mass is 9.80. The normalized spacial score (nSPS) is 19.4. The Labute approximate surface area is 174 Å². The Hall–Kier alpha value is -3.66. The van der Waals surface area contributed by atoms with E-state index >= 15 is 0 Å². The van der Waals surface area contributed by atoms with Crippen molar-refractivity contribution in [3.05, 3.63) is 65.9 Å². The van der Waals surface area contributed by atoms with Gasteiger partial charge in [-0.2, -0.15) is 13.2 Å². The molecule has 1 aromatic carbocycles. The van der Waals surface area contributed by atoms with E-state index in [2.05, 4.69) is 19.7 Å². The van der Waals surface area contributed by atoms with Gasteiger partial charge in [-0.1, -0.05) is 6.07 Å². The van der Waals surface area contributed by atoms with Crippen LogP contribution in [-0.2, 0) is 10.3 Å². The van der Waals surface area contributed by atoms with E-state index < -0.39 is 18.1 Å². The average Bonchev–Trinajstić information content (AvgIpc) is 2.74. The molecule has 0 saturated heterocycles. The number of hydrogen-bond donors (Lipinski definition) is 1. The van der Waals surface area contributed by atoms with Crippen LogP contribution in [0.15, 0.2) is 53.8 Å². The summed E-state index contributed by atoms with van der Waals surface area (Å²) in [6.45, 7) is -2.86. The molecule has 0 fully saturated rings. The van der Waals surface area contributed by atoms with Crippen LogP contribution in [0.4, 0.5) is 13.2 Å². The number of amidine groups is 1. The number of hydrogen-bond acceptors (Lipinski definition) is 7. The second-order valence-corrected chi connectivity index (χ2v) is 7.01. The van der Waals surface area contributed by atoms with Crippen LogP contribution in [0.3, 0.4) is 0 Å². The average molecular weight is 428 g/mol. The molecule has 2 aliphatic heterocycles. The van der Waals surface area contributed by atoms with E-state index in [-0.39, 0.29) is 30.5 Å². The number of rotatable bonds is 3. The maximum absolute atomic E-state index is 14.3. The highest BCUT2D eigenvalue weighted by Gasteiger charge is 2.45. The summed E-state index contributed by atoms with van der Waals surface area (Å²) in [5.74, 6) is 0.0295. The third-order valence-electron chi connectivity index (χ3n) is 5.11. The third-order valence-corrected chi connectivity index (χ3v) is 5.11. The number of alkyl halides is 2. The predicted octanol–water partition coefficient (Wildman–Crippen LogP) is 3.62. The van der Waals surface area contributed by atoms with E-state index in [1.807, 2.05) is 0 Å². The molecule has 5 rings (SSSR count). The van der Waals surface area contributed by atoms with Crippen molar-refractivity contribution < 1.29 is 27.4 Å². The number of aromatic nitrogens is 2. The molecule has 0 radical (unpaired) electrons. The Balaban J connectivity index is 1.73. The van der Waals surface area contributed by atoms with Gasteiger partial charge in [-0.25, -0.2) is 9.97 Å². The number of nitrogens with two attached hydrogens (primary N) is 1. The van der Waals surface area contributed by atoms with Crippen LogP contribution in [0.2, 0.25) is 0 Å². The van der Waals surface area contributed by atoms with Gasteiger partial charge < -0.3 is 19.9 Å². The number of benzene rings is 1. The van der Waals surface area contributed by atoms with E-state index in [9.17, 15) is 13.2 Å². The minimum atomic E-state index is -3.05. The molecule has 0 aliphatic carbocycles. The Morgan fingerprint density at radius 1 is 1.10 bits per heavy atom. The molecular formula is C21H15F3N4O3. The smallest absolute Gasteiger partial charge is 0.388 e. The van der Waals surface area contributed by atoms with Crippen molar-refractivity contribution in [3.8, 4) is 28.5 Å². The fourth-order valence-corrected chi connectivity index (χ4v) is 3.85. The summed E-state index contributed by atoms with van der Waals surface area (Å²) in [5, 5.41) is 0. The summed E-state index contributed by atoms with van der Waals surface area (Å²) >= 11 is 0. The van der Waals surface area contributed by atoms with Crippen LogP contribution >= 0.6 is 0 Å². The van der Waals surface area contributed by atoms with Crippen molar-refractivity contribution in [1.82, 2.24) is 9.97 Å². The van der Waals surface area contributed by atoms with Crippen molar-refractivity contribution in [2.24, 2.45) is 10.7 Å². The SMILES string of the molecule is NC1=NC2(COC1)c1cc(-c3cccnc3F)ccc1Oc1cnc(OC(F)F)cc12. The largest absolute Gasteiger partial charge is 0.455 e. The maximum Gasteiger partial charge on any atom is 0.388 e. The summed E-state index contributed by atoms with van der Waals surface area (Å²) in [5.41, 5.74) is 6.55. The lowest BCUT2D eigenvalue weighted by Gasteiger charge is -2.39. The first-order valence-corrected chi connectivity index (χ1v) is 9.27. The van der Waals surface area contributed by atoms with Crippen molar-refractivity contribution >= 4 is 5.84 Å². The summed E-state index contributed by atoms with van der Waals surface area (Å²) < 4.78 is 55.9. The first kappa shape index (κ1) is 19.3. The van der Waals surface area contributed by atoms with Gasteiger partial charge >= 0.3 is 6.61 Å². The van der Waals surface area contributed by atoms with Crippen molar-refractivity contribution in [1.29, 1.82) is 0 Å². The highest BCUT2D eigenvalue weighted by Crippen LogP contribution is 2.51. The molecule has 0 amide bonds. The minimum absolute atomic E-state index is 0.0637. The van der Waals surface area contributed by atoms with Crippen molar-refractivity contribution in [2.45, 2.75) is 12.2 Å². The first-order chi connectivity index (χ1) is 15.0. The van der Waals surface area contributed by atoms with Crippen LogP contribution in [0.5, 0.6) is 17.4 Å². The van der Waals surface area contributed by atoms with Gasteiger partial charge in [0, 0.05) is 29.0 Å². The van der Waals surface area contributed by atoms with Gasteiger partial charge in [0.15, 0.2) is 5.75 Å². The number of fused-ring (bicyclic) bond motifs is 4. The molecule has 1 unspecified atom stereocenters. The van der Waals surface area contributed by atoms with Gasteiger partial charge in [0.25, 0.3) is 0 Å². The number of ether oxygens (including phenoxy) is 3. The van der Waals surface area contributed by atoms with Gasteiger partial charge in [0.1, 0.15) is 23.7 Å². The fourth-order valence-electron chi connectivity index (χ4n) is 3.85. The Kier molecular flexibility index (Phi) is 4.51. The minimum Gasteiger partial charge on any atom is -0.455 e. The molecule has 0 saturated carbocycles. The molecule has 10 heteroatoms. The highest BCUT2D eigenvalue weighted by atomic mass is 19.3. The second-order valence-electron chi connectivity index (χ2n) is 7.01. The van der Waals surface area contributed by atoms with Gasteiger partial charge in [-0.15, -0.1) is 0 Å². The standard InChI is InChI=1S/C21H15F3N4O3/c22-19-12(2-1-5-26-19)11-3-4-15-13(6-11)21(10-29-9-17(25)28-21)14-7-18(31-20(23)24)27-8-16(14)30-15/h1-8,20H,9-10H2,(H2,25,28). The summed E-state index contributed by atoms with van der Waals surface area (Å²) in [6.07, 6.45) is 2.64. The molecule has 2 aromatic heterocycles. The van der Waals surface area contributed by atoms with E-state index in [4.69, 9.17) is 15.2 Å². The van der Waals surface area contributed by atoms with Crippen molar-refractivity contribution in [3.63, 3.8) is 0 Å². The molecule has 158 valence electrons. The number of aliphatic imine (C=N–C) groups is 1. The summed E-state index contributed by atoms with van der Waals surface area (Å²) in [4.78, 5) is 12.2. The quantitative estimate of drug-likeness (QED) is 0.641. The monoisotopic (exact) mass is 428 g/mol. The Bertz CT molecular complexity index is 1200. The Morgan fingerprint density at radius 2 is 1.94 bits per heavy atom. The van der Waals surface area contributed by atoms with Crippen LogP contribution in [0.25, 0.3) is 11.1 Å². The number of pyridine rings is 2. The zero-order chi connectivity index (χ0) is 21.6. The van der Waals surface area contributed by atoms with E-state index in [0.29, 0.717) is 28.2 Å². The lowest BCUT2D eigenvalue weighted by Crippen LogP contribution is -2.42. The zero-order valence-electron chi connectivity index (χ0n) is 15.9. The van der Waals surface area contributed by atoms with Gasteiger partial charge in [0.05, 0.1) is 12.8 Å². The molecule has 1 atom stereocenters. The van der Waals surface area contributed by atoms with Gasteiger partial charge in [-0.05, 0) is 29.8 Å². The fraction of sp³-hybridized carbons (Fsp3) is 0.190. The first-order valence-electron chi connectivity index (χ1n) is 9.27. The van der Waals surface area contributed by atoms with Gasteiger partial charge in [-0.3, -0.25) is 4.99 Å². The Morgan fingerprint density at radius 3 is 2.71 bits per heavy atom. The molecule has 4 heterocycles. The molecular weight excluding hydrogens is 413 g/mol. The molecule has 0 bridgehead atoms. The van der Waals surface area contributed by atoms with Gasteiger partial charge in [0.2, 0.25) is 11.8 Å². The van der Waals surface area contributed by atoms with Crippen LogP contribution in [0.1, 0.15) is 11.1 Å². The van der Waals surface area contributed by atoms with Crippen LogP contribution < -0.4 is 15.2 Å². The second kappa shape index (κ2) is 7.24. The molecule has 2 N–H and O–H groups in total. The van der Waals surface area contributed by atoms with Crippen LogP contribution in [0, 0.1) is 5.95 Å². The van der Waals surface area contributed by atoms with Crippen LogP contribution in [-0.4, -0.2) is 35.6 Å². The molecule has 2 aliphatic rings. The van der Waals surface area contributed by atoms with E-state index in [1.165, 1.54) is 18.5 Å². The topological polar surface area (TPSA) is 91.9 Å². The predicted molar refractivity (Wildman–Crippen MR) is 104 cm³/mol. The molecule has 7 nitrogen and oxygen atoms in total. The van der Waals surface area contributed by atoms with Crippen molar-refractivity contribution in [2.75, 3.05) is 13.2 Å². The molecule has 3 aromatic rings. The number of halogens is 3. The molecule has 1 spiro atoms. The van der Waals surface area contributed by atoms with E-state index in [1.54, 1.807) is 30.3 Å². The summed E-state index contributed by atoms with van der Waals surface area (Å²) in [6, 6.07) is 9.62. The summed E-state index contributed by atoms with van der Waals surface area (Å²) in [7, 11) is 0. The third kappa shape index (κ3) is 3.25. The highest BCUT2D eigenvalue weighted by molar-refractivity contribution is 5.84.